The number of anilines is 1. The van der Waals surface area contributed by atoms with Gasteiger partial charge in [0.25, 0.3) is 11.9 Å². The predicted octanol–water partition coefficient (Wildman–Crippen LogP) is 3.26. The number of rotatable bonds is 5. The third kappa shape index (κ3) is 2.77. The number of guanidine groups is 1. The molecule has 1 N–H and O–H groups in total. The Morgan fingerprint density at radius 3 is 2.87 bits per heavy atom. The van der Waals surface area contributed by atoms with Gasteiger partial charge >= 0.3 is 0 Å². The van der Waals surface area contributed by atoms with Crippen LogP contribution in [0, 0.1) is 0 Å². The number of imidazole rings is 1. The lowest BCUT2D eigenvalue weighted by Crippen LogP contribution is -2.53. The zero-order valence-electron chi connectivity index (χ0n) is 17.0. The van der Waals surface area contributed by atoms with Crippen LogP contribution < -0.4 is 9.64 Å². The third-order valence-corrected chi connectivity index (χ3v) is 6.35. The first-order chi connectivity index (χ1) is 14.5. The number of ether oxygens (including phenoxy) is 1. The number of amides is 1. The van der Waals surface area contributed by atoms with Crippen molar-refractivity contribution in [3.05, 3.63) is 34.5 Å². The maximum absolute atomic E-state index is 13.5. The largest absolute Gasteiger partial charge is 0.506 e. The van der Waals surface area contributed by atoms with Crippen LogP contribution in [0.2, 0.25) is 5.02 Å². The summed E-state index contributed by atoms with van der Waals surface area (Å²) in [5, 5.41) is 10.0. The van der Waals surface area contributed by atoms with Crippen molar-refractivity contribution in [2.75, 3.05) is 18.1 Å². The minimum Gasteiger partial charge on any atom is -0.506 e. The van der Waals surface area contributed by atoms with Crippen molar-refractivity contribution in [2.45, 2.75) is 51.7 Å². The lowest BCUT2D eigenvalue weighted by Gasteiger charge is -2.35. The Hall–Kier alpha value is -2.74. The molecule has 1 aliphatic carbocycles. The smallest absolute Gasteiger partial charge is 0.299 e. The van der Waals surface area contributed by atoms with Crippen LogP contribution in [0.25, 0.3) is 0 Å². The Morgan fingerprint density at radius 2 is 2.13 bits per heavy atom. The van der Waals surface area contributed by atoms with Gasteiger partial charge in [0.15, 0.2) is 11.5 Å². The second kappa shape index (κ2) is 7.19. The number of phenols is 1. The van der Waals surface area contributed by atoms with Crippen LogP contribution >= 0.6 is 11.6 Å². The highest BCUT2D eigenvalue weighted by Gasteiger charge is 2.49. The Labute approximate surface area is 179 Å². The summed E-state index contributed by atoms with van der Waals surface area (Å²) in [6, 6.07) is 5.88. The predicted molar refractivity (Wildman–Crippen MR) is 114 cm³/mol. The molecule has 2 atom stereocenters. The zero-order valence-corrected chi connectivity index (χ0v) is 17.8. The molecule has 9 heteroatoms. The molecule has 158 valence electrons. The van der Waals surface area contributed by atoms with Gasteiger partial charge in [-0.15, -0.1) is 0 Å². The molecule has 1 amide bonds. The van der Waals surface area contributed by atoms with Gasteiger partial charge < -0.3 is 9.84 Å². The summed E-state index contributed by atoms with van der Waals surface area (Å²) < 4.78 is 7.64. The van der Waals surface area contributed by atoms with Crippen molar-refractivity contribution < 1.29 is 14.6 Å². The van der Waals surface area contributed by atoms with Gasteiger partial charge in [-0.3, -0.25) is 19.2 Å². The average molecular weight is 430 g/mol. The van der Waals surface area contributed by atoms with Crippen molar-refractivity contribution in [1.82, 2.24) is 14.5 Å². The van der Waals surface area contributed by atoms with Crippen molar-refractivity contribution in [2.24, 2.45) is 4.99 Å². The van der Waals surface area contributed by atoms with E-state index < -0.39 is 0 Å². The molecule has 0 saturated heterocycles. The quantitative estimate of drug-likeness (QED) is 0.788. The highest BCUT2D eigenvalue weighted by molar-refractivity contribution is 6.32. The molecule has 1 aromatic carbocycles. The average Bonchev–Trinajstić information content (AvgIpc) is 3.39. The summed E-state index contributed by atoms with van der Waals surface area (Å²) in [5.74, 6) is 1.25. The Balaban J connectivity index is 1.64. The maximum Gasteiger partial charge on any atom is 0.299 e. The number of halogens is 1. The molecule has 0 radical (unpaired) electrons. The number of carbonyl (C=O) groups excluding carboxylic acids is 1. The number of aromatic hydroxyl groups is 1. The number of hydrogen-bond acceptors (Lipinski definition) is 6. The number of aromatic nitrogens is 2. The summed E-state index contributed by atoms with van der Waals surface area (Å²) >= 11 is 6.10. The van der Waals surface area contributed by atoms with Gasteiger partial charge in [0.05, 0.1) is 30.3 Å². The SMILES string of the molecule is CCOc1nc2c(n1Cc1ccc(O)c(Cl)c1)C(=O)N(CC)C1=N[C@@H]3CCC[C@@H]3N12. The molecule has 8 nitrogen and oxygen atoms in total. The second-order valence-electron chi connectivity index (χ2n) is 7.79. The molecular formula is C21H24ClN5O3. The molecule has 1 fully saturated rings. The summed E-state index contributed by atoms with van der Waals surface area (Å²) in [6.07, 6.45) is 3.20. The van der Waals surface area contributed by atoms with E-state index >= 15 is 0 Å². The van der Waals surface area contributed by atoms with Crippen molar-refractivity contribution in [1.29, 1.82) is 0 Å². The second-order valence-corrected chi connectivity index (χ2v) is 8.19. The molecule has 2 aliphatic heterocycles. The Bertz CT molecular complexity index is 1050. The summed E-state index contributed by atoms with van der Waals surface area (Å²) in [6.45, 7) is 5.18. The van der Waals surface area contributed by atoms with E-state index in [-0.39, 0.29) is 28.8 Å². The first kappa shape index (κ1) is 19.2. The third-order valence-electron chi connectivity index (χ3n) is 6.05. The first-order valence-corrected chi connectivity index (χ1v) is 10.8. The number of nitrogens with zero attached hydrogens (tertiary/aromatic N) is 5. The maximum atomic E-state index is 13.5. The van der Waals surface area contributed by atoms with Gasteiger partial charge in [0.2, 0.25) is 5.96 Å². The van der Waals surface area contributed by atoms with Gasteiger partial charge in [0, 0.05) is 6.54 Å². The van der Waals surface area contributed by atoms with Crippen molar-refractivity contribution in [3.63, 3.8) is 0 Å². The van der Waals surface area contributed by atoms with Gasteiger partial charge in [-0.2, -0.15) is 4.98 Å². The number of hydrogen-bond donors (Lipinski definition) is 1. The van der Waals surface area contributed by atoms with Crippen LogP contribution in [0.1, 0.15) is 49.2 Å². The molecule has 0 spiro atoms. The molecule has 2 aromatic rings. The molecule has 3 aliphatic rings. The number of carbonyl (C=O) groups is 1. The highest BCUT2D eigenvalue weighted by atomic mass is 35.5. The van der Waals surface area contributed by atoms with Crippen molar-refractivity contribution >= 4 is 29.3 Å². The van der Waals surface area contributed by atoms with E-state index in [2.05, 4.69) is 4.90 Å². The molecule has 3 heterocycles. The van der Waals surface area contributed by atoms with Gasteiger partial charge in [-0.05, 0) is 50.8 Å². The highest BCUT2D eigenvalue weighted by Crippen LogP contribution is 2.42. The summed E-state index contributed by atoms with van der Waals surface area (Å²) in [4.78, 5) is 27.0. The van der Waals surface area contributed by atoms with Crippen molar-refractivity contribution in [3.8, 4) is 11.8 Å². The Morgan fingerprint density at radius 1 is 1.30 bits per heavy atom. The van der Waals surface area contributed by atoms with E-state index in [1.807, 2.05) is 18.4 Å². The van der Waals surface area contributed by atoms with E-state index in [0.29, 0.717) is 43.2 Å². The van der Waals surface area contributed by atoms with Crippen LogP contribution in [0.15, 0.2) is 23.2 Å². The number of phenolic OH excluding ortho intramolecular Hbond substituents is 1. The molecule has 1 saturated carbocycles. The fourth-order valence-electron chi connectivity index (χ4n) is 4.70. The molecule has 0 bridgehead atoms. The normalized spacial score (nSPS) is 22.1. The van der Waals surface area contributed by atoms with Crippen LogP contribution in [-0.4, -0.2) is 56.7 Å². The molecule has 1 aromatic heterocycles. The number of benzene rings is 1. The van der Waals surface area contributed by atoms with Crippen LogP contribution in [0.4, 0.5) is 5.82 Å². The van der Waals surface area contributed by atoms with Crippen LogP contribution in [-0.2, 0) is 6.54 Å². The van der Waals surface area contributed by atoms with Crippen LogP contribution in [0.3, 0.4) is 0 Å². The minimum atomic E-state index is -0.120. The fraction of sp³-hybridized carbons (Fsp3) is 0.476. The van der Waals surface area contributed by atoms with Gasteiger partial charge in [0.1, 0.15) is 5.75 Å². The summed E-state index contributed by atoms with van der Waals surface area (Å²) in [7, 11) is 0. The van der Waals surface area contributed by atoms with E-state index in [1.54, 1.807) is 23.1 Å². The molecule has 5 rings (SSSR count). The monoisotopic (exact) mass is 429 g/mol. The molecular weight excluding hydrogens is 406 g/mol. The lowest BCUT2D eigenvalue weighted by atomic mass is 10.1. The lowest BCUT2D eigenvalue weighted by molar-refractivity contribution is 0.0834. The fourth-order valence-corrected chi connectivity index (χ4v) is 4.91. The standard InChI is InChI=1S/C21H24ClN5O3/c1-3-25-19(29)17-18(27-15-7-5-6-14(15)23-20(25)27)24-21(30-4-2)26(17)11-12-8-9-16(28)13(22)10-12/h8-10,14-15,28H,3-7,11H2,1-2H3/t14-,15+/m1/s1. The number of fused-ring (bicyclic) bond motifs is 5. The van der Waals surface area contributed by atoms with Crippen LogP contribution in [0.5, 0.6) is 11.8 Å². The van der Waals surface area contributed by atoms with Gasteiger partial charge in [-0.1, -0.05) is 17.7 Å². The van der Waals surface area contributed by atoms with E-state index in [4.69, 9.17) is 26.3 Å². The molecule has 30 heavy (non-hydrogen) atoms. The van der Waals surface area contributed by atoms with E-state index in [1.165, 1.54) is 0 Å². The number of aliphatic imine (C=N–C) groups is 1. The topological polar surface area (TPSA) is 83.2 Å². The first-order valence-electron chi connectivity index (χ1n) is 10.4. The van der Waals surface area contributed by atoms with E-state index in [0.717, 1.165) is 24.8 Å². The van der Waals surface area contributed by atoms with Gasteiger partial charge in [-0.25, -0.2) is 4.99 Å². The minimum absolute atomic E-state index is 0.0246. The van der Waals surface area contributed by atoms with E-state index in [9.17, 15) is 9.90 Å². The Kier molecular flexibility index (Phi) is 4.61. The zero-order chi connectivity index (χ0) is 21.0. The molecule has 0 unspecified atom stereocenters. The summed E-state index contributed by atoms with van der Waals surface area (Å²) in [5.41, 5.74) is 1.35.